The van der Waals surface area contributed by atoms with Crippen molar-refractivity contribution in [2.24, 2.45) is 11.8 Å². The maximum atomic E-state index is 11.9. The summed E-state index contributed by atoms with van der Waals surface area (Å²) in [5.74, 6) is -0.842. The molecule has 2 aliphatic rings. The summed E-state index contributed by atoms with van der Waals surface area (Å²) in [4.78, 5) is 35.0. The average molecular weight is 646 g/mol. The van der Waals surface area contributed by atoms with Crippen LogP contribution in [0.1, 0.15) is 44.0 Å². The van der Waals surface area contributed by atoms with Crippen LogP contribution >= 0.6 is 23.2 Å². The molecule has 0 aliphatic carbocycles. The largest absolute Gasteiger partial charge is 0.490 e. The Morgan fingerprint density at radius 2 is 1.88 bits per heavy atom. The number of aryl methyl sites for hydroxylation is 1. The average Bonchev–Trinajstić information content (AvgIpc) is 3.23. The number of nitrogens with zero attached hydrogens (tertiary/aromatic N) is 6. The van der Waals surface area contributed by atoms with Crippen LogP contribution < -0.4 is 4.90 Å². The van der Waals surface area contributed by atoms with Crippen molar-refractivity contribution in [2.45, 2.75) is 45.8 Å². The molecule has 2 aliphatic heterocycles. The molecule has 1 N–H and O–H groups in total. The number of hydrogen-bond acceptors (Lipinski definition) is 8. The number of aromatic nitrogens is 4. The summed E-state index contributed by atoms with van der Waals surface area (Å²) in [6.45, 7) is 10.5. The first-order chi connectivity index (χ1) is 20.3. The second kappa shape index (κ2) is 13.6. The third-order valence-corrected chi connectivity index (χ3v) is 8.24. The van der Waals surface area contributed by atoms with E-state index in [-0.39, 0.29) is 12.0 Å². The van der Waals surface area contributed by atoms with Gasteiger partial charge >= 0.3 is 18.1 Å². The number of halogens is 5. The van der Waals surface area contributed by atoms with Gasteiger partial charge in [-0.25, -0.2) is 19.4 Å². The van der Waals surface area contributed by atoms with Gasteiger partial charge in [-0.3, -0.25) is 9.69 Å². The van der Waals surface area contributed by atoms with Crippen LogP contribution in [0.15, 0.2) is 24.4 Å². The highest BCUT2D eigenvalue weighted by Gasteiger charge is 2.38. The van der Waals surface area contributed by atoms with E-state index in [0.717, 1.165) is 60.8 Å². The summed E-state index contributed by atoms with van der Waals surface area (Å²) in [5, 5.41) is 13.1. The molecule has 4 heterocycles. The second-order valence-electron chi connectivity index (χ2n) is 10.7. The van der Waals surface area contributed by atoms with E-state index in [2.05, 4.69) is 16.7 Å². The third-order valence-electron chi connectivity index (χ3n) is 7.68. The van der Waals surface area contributed by atoms with E-state index in [1.165, 1.54) is 6.42 Å². The Bertz CT molecular complexity index is 1460. The van der Waals surface area contributed by atoms with Crippen LogP contribution in [0.3, 0.4) is 0 Å². The minimum Gasteiger partial charge on any atom is -0.475 e. The van der Waals surface area contributed by atoms with E-state index in [0.29, 0.717) is 35.0 Å². The molecule has 2 atom stereocenters. The van der Waals surface area contributed by atoms with Crippen molar-refractivity contribution in [1.29, 1.82) is 0 Å². The predicted molar refractivity (Wildman–Crippen MR) is 156 cm³/mol. The number of hydrogen-bond donors (Lipinski definition) is 1. The highest BCUT2D eigenvalue weighted by molar-refractivity contribution is 6.35. The molecule has 2 saturated heterocycles. The molecule has 0 amide bonds. The van der Waals surface area contributed by atoms with Gasteiger partial charge in [0.15, 0.2) is 5.65 Å². The predicted octanol–water partition coefficient (Wildman–Crippen LogP) is 5.40. The van der Waals surface area contributed by atoms with Gasteiger partial charge in [0.2, 0.25) is 0 Å². The molecule has 0 saturated carbocycles. The summed E-state index contributed by atoms with van der Waals surface area (Å²) < 4.78 is 38.8. The SMILES string of the molecule is CCOC(=O)CN1CCC[C@H](C2CN(c3cnc4c(C)nn(C(C)c5ccc(Cl)cc5Cl)c4n3)C2)C1.O=C(O)C(F)(F)F. The Labute approximate surface area is 256 Å². The number of carboxylic acids is 1. The molecule has 10 nitrogen and oxygen atoms in total. The van der Waals surface area contributed by atoms with Crippen LogP contribution in [0.2, 0.25) is 10.0 Å². The van der Waals surface area contributed by atoms with E-state index in [4.69, 9.17) is 52.9 Å². The molecule has 1 aromatic carbocycles. The summed E-state index contributed by atoms with van der Waals surface area (Å²) in [6, 6.07) is 5.41. The molecule has 234 valence electrons. The number of anilines is 1. The molecule has 15 heteroatoms. The van der Waals surface area contributed by atoms with Crippen molar-refractivity contribution in [3.8, 4) is 0 Å². The molecule has 0 spiro atoms. The summed E-state index contributed by atoms with van der Waals surface area (Å²) in [7, 11) is 0. The molecule has 5 rings (SSSR count). The number of carbonyl (C=O) groups is 2. The van der Waals surface area contributed by atoms with Crippen molar-refractivity contribution in [2.75, 3.05) is 44.2 Å². The van der Waals surface area contributed by atoms with Gasteiger partial charge in [0.25, 0.3) is 0 Å². The normalized spacial score (nSPS) is 18.5. The van der Waals surface area contributed by atoms with E-state index in [1.54, 1.807) is 6.07 Å². The van der Waals surface area contributed by atoms with Gasteiger partial charge in [-0.05, 0) is 69.7 Å². The number of alkyl halides is 3. The van der Waals surface area contributed by atoms with Crippen molar-refractivity contribution >= 4 is 52.1 Å². The van der Waals surface area contributed by atoms with E-state index >= 15 is 0 Å². The van der Waals surface area contributed by atoms with Crippen molar-refractivity contribution in [3.05, 3.63) is 45.7 Å². The molecule has 0 bridgehead atoms. The zero-order valence-corrected chi connectivity index (χ0v) is 25.5. The van der Waals surface area contributed by atoms with Crippen molar-refractivity contribution in [3.63, 3.8) is 0 Å². The number of carbonyl (C=O) groups excluding carboxylic acids is 1. The number of fused-ring (bicyclic) bond motifs is 1. The van der Waals surface area contributed by atoms with Gasteiger partial charge in [0, 0.05) is 29.7 Å². The maximum Gasteiger partial charge on any atom is 0.490 e. The van der Waals surface area contributed by atoms with Crippen molar-refractivity contribution in [1.82, 2.24) is 24.6 Å². The highest BCUT2D eigenvalue weighted by atomic mass is 35.5. The lowest BCUT2D eigenvalue weighted by atomic mass is 9.80. The molecule has 2 aromatic heterocycles. The van der Waals surface area contributed by atoms with Gasteiger partial charge in [-0.2, -0.15) is 18.3 Å². The first-order valence-electron chi connectivity index (χ1n) is 13.9. The first-order valence-corrected chi connectivity index (χ1v) is 14.6. The molecule has 43 heavy (non-hydrogen) atoms. The Hall–Kier alpha value is -3.16. The standard InChI is InChI=1S/C26H32Cl2N6O2.C2HF3O2/c1-4-36-24(35)15-32-9-5-6-18(12-32)19-13-33(14-19)23-11-29-25-16(2)31-34(26(25)30-23)17(3)21-8-7-20(27)10-22(21)28;3-2(4,5)1(6)7/h7-8,10-11,17-19H,4-6,9,12-15H2,1-3H3;(H,6,7)/t17?,18-;/m0./s1. The summed E-state index contributed by atoms with van der Waals surface area (Å²) in [6.07, 6.45) is -0.907. The fourth-order valence-corrected chi connectivity index (χ4v) is 6.01. The third kappa shape index (κ3) is 7.87. The minimum absolute atomic E-state index is 0.118. The molecule has 0 radical (unpaired) electrons. The van der Waals surface area contributed by atoms with Crippen LogP contribution in [0.5, 0.6) is 0 Å². The lowest BCUT2D eigenvalue weighted by molar-refractivity contribution is -0.192. The van der Waals surface area contributed by atoms with Gasteiger partial charge in [-0.1, -0.05) is 29.3 Å². The molecular weight excluding hydrogens is 612 g/mol. The Balaban J connectivity index is 0.000000541. The van der Waals surface area contributed by atoms with Crippen molar-refractivity contribution < 1.29 is 32.6 Å². The Morgan fingerprint density at radius 1 is 1.19 bits per heavy atom. The number of ether oxygens (including phenoxy) is 1. The van der Waals surface area contributed by atoms with Crippen LogP contribution in [0.4, 0.5) is 19.0 Å². The topological polar surface area (TPSA) is 114 Å². The van der Waals surface area contributed by atoms with Gasteiger partial charge < -0.3 is 14.7 Å². The van der Waals surface area contributed by atoms with Gasteiger partial charge in [-0.15, -0.1) is 0 Å². The number of rotatable bonds is 7. The Kier molecular flexibility index (Phi) is 10.4. The molecule has 1 unspecified atom stereocenters. The number of esters is 1. The smallest absolute Gasteiger partial charge is 0.475 e. The summed E-state index contributed by atoms with van der Waals surface area (Å²) in [5.41, 5.74) is 3.33. The van der Waals surface area contributed by atoms with Crippen LogP contribution in [0.25, 0.3) is 11.2 Å². The number of piperidine rings is 1. The summed E-state index contributed by atoms with van der Waals surface area (Å²) >= 11 is 12.6. The molecule has 3 aromatic rings. The van der Waals surface area contributed by atoms with E-state index in [1.807, 2.05) is 36.9 Å². The molecular formula is C28H33Cl2F3N6O4. The zero-order valence-electron chi connectivity index (χ0n) is 23.9. The number of likely N-dealkylation sites (tertiary alicyclic amines) is 1. The lowest BCUT2D eigenvalue weighted by Crippen LogP contribution is -2.54. The number of carboxylic acid groups (broad SMARTS) is 1. The lowest BCUT2D eigenvalue weighted by Gasteiger charge is -2.46. The fourth-order valence-electron chi connectivity index (χ4n) is 5.44. The van der Waals surface area contributed by atoms with Crippen LogP contribution in [-0.4, -0.2) is 87.2 Å². The minimum atomic E-state index is -5.08. The van der Waals surface area contributed by atoms with Gasteiger partial charge in [0.1, 0.15) is 11.3 Å². The molecule has 2 fully saturated rings. The first kappa shape index (κ1) is 32.7. The maximum absolute atomic E-state index is 11.9. The zero-order chi connectivity index (χ0) is 31.5. The van der Waals surface area contributed by atoms with Crippen LogP contribution in [-0.2, 0) is 14.3 Å². The van der Waals surface area contributed by atoms with Gasteiger partial charge in [0.05, 0.1) is 31.1 Å². The monoisotopic (exact) mass is 644 g/mol. The van der Waals surface area contributed by atoms with E-state index in [9.17, 15) is 18.0 Å². The van der Waals surface area contributed by atoms with E-state index < -0.39 is 12.1 Å². The van der Waals surface area contributed by atoms with Crippen LogP contribution in [0, 0.1) is 18.8 Å². The fraction of sp³-hybridized carbons (Fsp3) is 0.536. The Morgan fingerprint density at radius 3 is 2.51 bits per heavy atom. The number of aliphatic carboxylic acids is 1. The second-order valence-corrected chi connectivity index (χ2v) is 11.5. The number of benzene rings is 1. The highest BCUT2D eigenvalue weighted by Crippen LogP contribution is 2.35. The quantitative estimate of drug-likeness (QED) is 0.338.